The molecule has 0 aliphatic heterocycles. The molecular formula is C19H14ClN5O2S. The van der Waals surface area contributed by atoms with Gasteiger partial charge in [0.2, 0.25) is 11.8 Å². The molecule has 0 aliphatic carbocycles. The number of halogens is 1. The molecule has 3 N–H and O–H groups in total. The van der Waals surface area contributed by atoms with Crippen LogP contribution in [0.4, 0.5) is 5.69 Å². The molecule has 140 valence electrons. The van der Waals surface area contributed by atoms with Crippen LogP contribution in [0.3, 0.4) is 0 Å². The number of nitrogens with one attached hydrogen (secondary N) is 1. The monoisotopic (exact) mass is 411 g/mol. The molecule has 2 amide bonds. The van der Waals surface area contributed by atoms with Gasteiger partial charge in [0, 0.05) is 11.1 Å². The van der Waals surface area contributed by atoms with E-state index in [0.29, 0.717) is 17.2 Å². The first-order valence-corrected chi connectivity index (χ1v) is 9.58. The molecule has 0 unspecified atom stereocenters. The van der Waals surface area contributed by atoms with Gasteiger partial charge in [-0.05, 0) is 30.3 Å². The van der Waals surface area contributed by atoms with Gasteiger partial charge < -0.3 is 15.6 Å². The number of primary amides is 1. The first-order valence-electron chi connectivity index (χ1n) is 8.26. The van der Waals surface area contributed by atoms with Crippen LogP contribution in [-0.2, 0) is 11.3 Å². The van der Waals surface area contributed by atoms with Gasteiger partial charge in [-0.15, -0.1) is 11.3 Å². The molecule has 4 rings (SSSR count). The highest BCUT2D eigenvalue weighted by molar-refractivity contribution is 7.07. The second-order valence-electron chi connectivity index (χ2n) is 5.99. The predicted octanol–water partition coefficient (Wildman–Crippen LogP) is 3.55. The van der Waals surface area contributed by atoms with Crippen LogP contribution >= 0.6 is 22.9 Å². The van der Waals surface area contributed by atoms with Crippen LogP contribution in [0, 0.1) is 0 Å². The zero-order valence-electron chi connectivity index (χ0n) is 14.4. The molecule has 0 bridgehead atoms. The number of rotatable bonds is 5. The Morgan fingerprint density at radius 3 is 2.79 bits per heavy atom. The van der Waals surface area contributed by atoms with Crippen LogP contribution in [-0.4, -0.2) is 26.3 Å². The fraction of sp³-hybridized carbons (Fsp3) is 0.0526. The average molecular weight is 412 g/mol. The van der Waals surface area contributed by atoms with E-state index in [1.807, 2.05) is 34.2 Å². The maximum Gasteiger partial charge on any atom is 0.250 e. The quantitative estimate of drug-likeness (QED) is 0.524. The van der Waals surface area contributed by atoms with Gasteiger partial charge in [0.25, 0.3) is 0 Å². The van der Waals surface area contributed by atoms with Gasteiger partial charge in [-0.2, -0.15) is 0 Å². The standard InChI is InChI=1S/C19H14ClN5O2S/c20-13-6-5-11(7-12(13)18(21)27)23-17(26)8-25-16-4-2-1-3-14(16)24-19(25)15-9-28-10-22-15/h1-7,9-10H,8H2,(H2,21,27)(H,23,26). The number of nitrogens with two attached hydrogens (primary N) is 1. The molecule has 2 aromatic carbocycles. The summed E-state index contributed by atoms with van der Waals surface area (Å²) in [6.45, 7) is 0.0297. The number of nitrogens with zero attached hydrogens (tertiary/aromatic N) is 3. The molecule has 9 heteroatoms. The summed E-state index contributed by atoms with van der Waals surface area (Å²) in [4.78, 5) is 33.1. The van der Waals surface area contributed by atoms with Gasteiger partial charge in [0.1, 0.15) is 12.2 Å². The van der Waals surface area contributed by atoms with E-state index >= 15 is 0 Å². The third-order valence-corrected chi connectivity index (χ3v) is 5.05. The number of carbonyl (C=O) groups is 2. The summed E-state index contributed by atoms with van der Waals surface area (Å²) in [5.74, 6) is -0.323. The number of amides is 2. The second kappa shape index (κ2) is 7.41. The minimum absolute atomic E-state index is 0.0297. The van der Waals surface area contributed by atoms with Crippen LogP contribution in [0.1, 0.15) is 10.4 Å². The summed E-state index contributed by atoms with van der Waals surface area (Å²) < 4.78 is 1.81. The van der Waals surface area contributed by atoms with Gasteiger partial charge in [0.15, 0.2) is 5.82 Å². The van der Waals surface area contributed by atoms with E-state index in [2.05, 4.69) is 15.3 Å². The zero-order chi connectivity index (χ0) is 19.7. The Bertz CT molecular complexity index is 1190. The first-order chi connectivity index (χ1) is 13.5. The molecule has 7 nitrogen and oxygen atoms in total. The van der Waals surface area contributed by atoms with Crippen molar-refractivity contribution in [1.82, 2.24) is 14.5 Å². The van der Waals surface area contributed by atoms with Gasteiger partial charge in [-0.3, -0.25) is 9.59 Å². The van der Waals surface area contributed by atoms with Crippen molar-refractivity contribution in [3.05, 3.63) is 63.9 Å². The summed E-state index contributed by atoms with van der Waals surface area (Å²) in [6.07, 6.45) is 0. The van der Waals surface area contributed by atoms with E-state index in [4.69, 9.17) is 17.3 Å². The van der Waals surface area contributed by atoms with E-state index in [9.17, 15) is 9.59 Å². The Balaban J connectivity index is 1.65. The third kappa shape index (κ3) is 3.47. The van der Waals surface area contributed by atoms with Crippen molar-refractivity contribution in [2.24, 2.45) is 5.73 Å². The highest BCUT2D eigenvalue weighted by Gasteiger charge is 2.17. The van der Waals surface area contributed by atoms with Crippen molar-refractivity contribution in [2.45, 2.75) is 6.54 Å². The topological polar surface area (TPSA) is 103 Å². The molecule has 0 spiro atoms. The van der Waals surface area contributed by atoms with Crippen molar-refractivity contribution in [3.8, 4) is 11.5 Å². The summed E-state index contributed by atoms with van der Waals surface area (Å²) in [6, 6.07) is 12.2. The highest BCUT2D eigenvalue weighted by atomic mass is 35.5. The number of para-hydroxylation sites is 2. The number of hydrogen-bond acceptors (Lipinski definition) is 5. The Hall–Kier alpha value is -3.23. The van der Waals surface area contributed by atoms with Crippen molar-refractivity contribution >= 4 is 51.5 Å². The maximum atomic E-state index is 12.7. The van der Waals surface area contributed by atoms with Gasteiger partial charge in [-0.1, -0.05) is 23.7 Å². The highest BCUT2D eigenvalue weighted by Crippen LogP contribution is 2.25. The fourth-order valence-electron chi connectivity index (χ4n) is 2.89. The van der Waals surface area contributed by atoms with E-state index in [1.165, 1.54) is 23.5 Å². The number of fused-ring (bicyclic) bond motifs is 1. The molecule has 28 heavy (non-hydrogen) atoms. The van der Waals surface area contributed by atoms with Crippen molar-refractivity contribution in [2.75, 3.05) is 5.32 Å². The number of hydrogen-bond donors (Lipinski definition) is 2. The summed E-state index contributed by atoms with van der Waals surface area (Å²) in [7, 11) is 0. The Labute approximate surface area is 168 Å². The minimum Gasteiger partial charge on any atom is -0.366 e. The lowest BCUT2D eigenvalue weighted by Crippen LogP contribution is -2.20. The van der Waals surface area contributed by atoms with Crippen LogP contribution in [0.25, 0.3) is 22.6 Å². The number of anilines is 1. The van der Waals surface area contributed by atoms with E-state index in [0.717, 1.165) is 11.0 Å². The van der Waals surface area contributed by atoms with Crippen LogP contribution in [0.5, 0.6) is 0 Å². The number of aromatic nitrogens is 3. The molecule has 0 saturated heterocycles. The lowest BCUT2D eigenvalue weighted by molar-refractivity contribution is -0.116. The minimum atomic E-state index is -0.660. The fourth-order valence-corrected chi connectivity index (χ4v) is 3.63. The lowest BCUT2D eigenvalue weighted by atomic mass is 10.2. The molecule has 2 aromatic heterocycles. The molecule has 2 heterocycles. The number of imidazole rings is 1. The van der Waals surface area contributed by atoms with Crippen molar-refractivity contribution in [1.29, 1.82) is 0 Å². The Morgan fingerprint density at radius 1 is 1.21 bits per heavy atom. The third-order valence-electron chi connectivity index (χ3n) is 4.13. The molecule has 0 radical (unpaired) electrons. The van der Waals surface area contributed by atoms with E-state index in [-0.39, 0.29) is 23.0 Å². The van der Waals surface area contributed by atoms with E-state index in [1.54, 1.807) is 11.6 Å². The Morgan fingerprint density at radius 2 is 2.04 bits per heavy atom. The SMILES string of the molecule is NC(=O)c1cc(NC(=O)Cn2c(-c3cscn3)nc3ccccc32)ccc1Cl. The maximum absolute atomic E-state index is 12.7. The summed E-state index contributed by atoms with van der Waals surface area (Å²) in [5.41, 5.74) is 9.92. The smallest absolute Gasteiger partial charge is 0.250 e. The first kappa shape index (κ1) is 18.1. The number of benzene rings is 2. The van der Waals surface area contributed by atoms with Crippen molar-refractivity contribution < 1.29 is 9.59 Å². The Kier molecular flexibility index (Phi) is 4.81. The zero-order valence-corrected chi connectivity index (χ0v) is 16.0. The average Bonchev–Trinajstić information content (AvgIpc) is 3.31. The van der Waals surface area contributed by atoms with Crippen molar-refractivity contribution in [3.63, 3.8) is 0 Å². The van der Waals surface area contributed by atoms with Gasteiger partial charge >= 0.3 is 0 Å². The van der Waals surface area contributed by atoms with Crippen LogP contribution in [0.15, 0.2) is 53.4 Å². The van der Waals surface area contributed by atoms with Gasteiger partial charge in [0.05, 0.1) is 27.1 Å². The summed E-state index contributed by atoms with van der Waals surface area (Å²) in [5, 5.41) is 4.88. The summed E-state index contributed by atoms with van der Waals surface area (Å²) >= 11 is 7.41. The van der Waals surface area contributed by atoms with Crippen LogP contribution in [0.2, 0.25) is 5.02 Å². The largest absolute Gasteiger partial charge is 0.366 e. The molecule has 0 fully saturated rings. The number of carbonyl (C=O) groups excluding carboxylic acids is 2. The lowest BCUT2D eigenvalue weighted by Gasteiger charge is -2.10. The molecular weight excluding hydrogens is 398 g/mol. The normalized spacial score (nSPS) is 10.9. The van der Waals surface area contributed by atoms with Gasteiger partial charge in [-0.25, -0.2) is 9.97 Å². The molecule has 0 aliphatic rings. The van der Waals surface area contributed by atoms with Crippen LogP contribution < -0.4 is 11.1 Å². The molecule has 4 aromatic rings. The number of thiazole rings is 1. The van der Waals surface area contributed by atoms with E-state index < -0.39 is 5.91 Å². The predicted molar refractivity (Wildman–Crippen MR) is 109 cm³/mol. The molecule has 0 atom stereocenters. The molecule has 0 saturated carbocycles. The second-order valence-corrected chi connectivity index (χ2v) is 7.12.